The summed E-state index contributed by atoms with van der Waals surface area (Å²) in [5.41, 5.74) is 0.900. The first-order valence-electron chi connectivity index (χ1n) is 4.39. The molecule has 0 atom stereocenters. The maximum Gasteiger partial charge on any atom is 0.323 e. The van der Waals surface area contributed by atoms with Gasteiger partial charge in [0.2, 0.25) is 0 Å². The van der Waals surface area contributed by atoms with Crippen LogP contribution >= 0.6 is 0 Å². The van der Waals surface area contributed by atoms with Crippen molar-refractivity contribution in [2.45, 2.75) is 13.3 Å². The number of aromatic nitrogens is 2. The standard InChI is InChI=1S/C9H13N3O2/c1-3-7-4-5-8(11-10-7)12(2)6-9(13)14/h4-5H,3,6H2,1-2H3,(H,13,14). The molecule has 0 saturated heterocycles. The van der Waals surface area contributed by atoms with Gasteiger partial charge in [0.05, 0.1) is 5.69 Å². The molecule has 0 aromatic carbocycles. The van der Waals surface area contributed by atoms with Crippen LogP contribution in [-0.4, -0.2) is 34.9 Å². The third-order valence-electron chi connectivity index (χ3n) is 1.83. The molecular weight excluding hydrogens is 182 g/mol. The Morgan fingerprint density at radius 1 is 1.50 bits per heavy atom. The van der Waals surface area contributed by atoms with Crippen LogP contribution in [0.4, 0.5) is 5.82 Å². The Balaban J connectivity index is 2.71. The van der Waals surface area contributed by atoms with Crippen LogP contribution in [0.3, 0.4) is 0 Å². The van der Waals surface area contributed by atoms with E-state index in [1.54, 1.807) is 13.1 Å². The van der Waals surface area contributed by atoms with E-state index in [-0.39, 0.29) is 6.54 Å². The average molecular weight is 195 g/mol. The van der Waals surface area contributed by atoms with E-state index in [1.165, 1.54) is 4.90 Å². The molecule has 0 radical (unpaired) electrons. The van der Waals surface area contributed by atoms with Crippen molar-refractivity contribution < 1.29 is 9.90 Å². The van der Waals surface area contributed by atoms with Gasteiger partial charge in [0.15, 0.2) is 5.82 Å². The number of aryl methyl sites for hydroxylation is 1. The van der Waals surface area contributed by atoms with Crippen LogP contribution in [0.25, 0.3) is 0 Å². The SMILES string of the molecule is CCc1ccc(N(C)CC(=O)O)nn1. The monoisotopic (exact) mass is 195 g/mol. The molecule has 1 heterocycles. The normalized spacial score (nSPS) is 9.86. The van der Waals surface area contributed by atoms with Gasteiger partial charge in [0, 0.05) is 7.05 Å². The first-order valence-corrected chi connectivity index (χ1v) is 4.39. The zero-order chi connectivity index (χ0) is 10.6. The minimum Gasteiger partial charge on any atom is -0.480 e. The number of hydrogen-bond donors (Lipinski definition) is 1. The minimum atomic E-state index is -0.881. The van der Waals surface area contributed by atoms with Crippen molar-refractivity contribution in [3.8, 4) is 0 Å². The van der Waals surface area contributed by atoms with Crippen LogP contribution in [-0.2, 0) is 11.2 Å². The molecule has 0 bridgehead atoms. The second kappa shape index (κ2) is 4.55. The van der Waals surface area contributed by atoms with Gasteiger partial charge >= 0.3 is 5.97 Å². The Kier molecular flexibility index (Phi) is 3.39. The summed E-state index contributed by atoms with van der Waals surface area (Å²) in [6.45, 7) is 1.92. The summed E-state index contributed by atoms with van der Waals surface area (Å²) in [5, 5.41) is 16.4. The lowest BCUT2D eigenvalue weighted by atomic mass is 10.3. The van der Waals surface area contributed by atoms with Gasteiger partial charge in [0.25, 0.3) is 0 Å². The average Bonchev–Trinajstić information content (AvgIpc) is 2.17. The Labute approximate surface area is 82.4 Å². The predicted octanol–water partition coefficient (Wildman–Crippen LogP) is 0.560. The van der Waals surface area contributed by atoms with Crippen molar-refractivity contribution in [1.29, 1.82) is 0 Å². The Hall–Kier alpha value is -1.65. The van der Waals surface area contributed by atoms with Crippen LogP contribution in [0.15, 0.2) is 12.1 Å². The number of hydrogen-bond acceptors (Lipinski definition) is 4. The lowest BCUT2D eigenvalue weighted by Gasteiger charge is -2.14. The number of aliphatic carboxylic acids is 1. The Bertz CT molecular complexity index is 310. The number of carboxylic acids is 1. The smallest absolute Gasteiger partial charge is 0.323 e. The van der Waals surface area contributed by atoms with E-state index < -0.39 is 5.97 Å². The number of rotatable bonds is 4. The maximum absolute atomic E-state index is 10.4. The molecule has 1 aromatic heterocycles. The van der Waals surface area contributed by atoms with Gasteiger partial charge in [-0.05, 0) is 18.6 Å². The van der Waals surface area contributed by atoms with Gasteiger partial charge in [-0.1, -0.05) is 6.92 Å². The summed E-state index contributed by atoms with van der Waals surface area (Å²) in [7, 11) is 1.67. The highest BCUT2D eigenvalue weighted by atomic mass is 16.4. The topological polar surface area (TPSA) is 66.3 Å². The maximum atomic E-state index is 10.4. The molecule has 1 rings (SSSR count). The second-order valence-corrected chi connectivity index (χ2v) is 2.99. The zero-order valence-electron chi connectivity index (χ0n) is 8.27. The van der Waals surface area contributed by atoms with E-state index in [4.69, 9.17) is 5.11 Å². The van der Waals surface area contributed by atoms with Gasteiger partial charge in [0.1, 0.15) is 6.54 Å². The number of anilines is 1. The molecule has 0 aliphatic rings. The lowest BCUT2D eigenvalue weighted by Crippen LogP contribution is -2.26. The molecule has 5 heteroatoms. The zero-order valence-corrected chi connectivity index (χ0v) is 8.27. The van der Waals surface area contributed by atoms with E-state index in [9.17, 15) is 4.79 Å². The van der Waals surface area contributed by atoms with E-state index >= 15 is 0 Å². The lowest BCUT2D eigenvalue weighted by molar-refractivity contribution is -0.135. The van der Waals surface area contributed by atoms with E-state index in [2.05, 4.69) is 10.2 Å². The van der Waals surface area contributed by atoms with Crippen LogP contribution < -0.4 is 4.90 Å². The third-order valence-corrected chi connectivity index (χ3v) is 1.83. The molecule has 0 spiro atoms. The molecule has 0 fully saturated rings. The summed E-state index contributed by atoms with van der Waals surface area (Å²) in [5.74, 6) is -0.307. The van der Waals surface area contributed by atoms with E-state index in [0.29, 0.717) is 5.82 Å². The van der Waals surface area contributed by atoms with Crippen molar-refractivity contribution in [3.05, 3.63) is 17.8 Å². The molecule has 1 N–H and O–H groups in total. The van der Waals surface area contributed by atoms with Crippen molar-refractivity contribution in [3.63, 3.8) is 0 Å². The fourth-order valence-electron chi connectivity index (χ4n) is 1.03. The van der Waals surface area contributed by atoms with Gasteiger partial charge in [-0.15, -0.1) is 5.10 Å². The molecule has 0 saturated carbocycles. The summed E-state index contributed by atoms with van der Waals surface area (Å²) in [4.78, 5) is 12.0. The molecule has 1 aromatic rings. The molecule has 76 valence electrons. The first kappa shape index (κ1) is 10.4. The Morgan fingerprint density at radius 2 is 2.21 bits per heavy atom. The predicted molar refractivity (Wildman–Crippen MR) is 52.3 cm³/mol. The van der Waals surface area contributed by atoms with E-state index in [1.807, 2.05) is 13.0 Å². The van der Waals surface area contributed by atoms with E-state index in [0.717, 1.165) is 12.1 Å². The summed E-state index contributed by atoms with van der Waals surface area (Å²) < 4.78 is 0. The van der Waals surface area contributed by atoms with Crippen molar-refractivity contribution >= 4 is 11.8 Å². The van der Waals surface area contributed by atoms with Gasteiger partial charge in [-0.3, -0.25) is 4.79 Å². The summed E-state index contributed by atoms with van der Waals surface area (Å²) in [6.07, 6.45) is 0.829. The fourth-order valence-corrected chi connectivity index (χ4v) is 1.03. The molecule has 14 heavy (non-hydrogen) atoms. The molecule has 5 nitrogen and oxygen atoms in total. The van der Waals surface area contributed by atoms with Crippen molar-refractivity contribution in [2.75, 3.05) is 18.5 Å². The highest BCUT2D eigenvalue weighted by molar-refractivity contribution is 5.72. The molecular formula is C9H13N3O2. The number of carboxylic acid groups (broad SMARTS) is 1. The van der Waals surface area contributed by atoms with Gasteiger partial charge < -0.3 is 10.0 Å². The van der Waals surface area contributed by atoms with Crippen LogP contribution in [0.1, 0.15) is 12.6 Å². The number of nitrogens with zero attached hydrogens (tertiary/aromatic N) is 3. The van der Waals surface area contributed by atoms with Crippen molar-refractivity contribution in [2.24, 2.45) is 0 Å². The third kappa shape index (κ3) is 2.69. The fraction of sp³-hybridized carbons (Fsp3) is 0.444. The van der Waals surface area contributed by atoms with Crippen LogP contribution in [0.5, 0.6) is 0 Å². The molecule has 0 aliphatic carbocycles. The first-order chi connectivity index (χ1) is 6.63. The largest absolute Gasteiger partial charge is 0.480 e. The van der Waals surface area contributed by atoms with Crippen LogP contribution in [0.2, 0.25) is 0 Å². The Morgan fingerprint density at radius 3 is 2.64 bits per heavy atom. The summed E-state index contributed by atoms with van der Waals surface area (Å²) >= 11 is 0. The minimum absolute atomic E-state index is 0.0693. The number of carbonyl (C=O) groups is 1. The van der Waals surface area contributed by atoms with Crippen LogP contribution in [0, 0.1) is 0 Å². The second-order valence-electron chi connectivity index (χ2n) is 2.99. The highest BCUT2D eigenvalue weighted by Gasteiger charge is 2.06. The van der Waals surface area contributed by atoms with Crippen molar-refractivity contribution in [1.82, 2.24) is 10.2 Å². The summed E-state index contributed by atoms with van der Waals surface area (Å²) in [6, 6.07) is 3.62. The highest BCUT2D eigenvalue weighted by Crippen LogP contribution is 2.06. The molecule has 0 aliphatic heterocycles. The molecule has 0 unspecified atom stereocenters. The number of likely N-dealkylation sites (N-methyl/N-ethyl adjacent to an activating group) is 1. The van der Waals surface area contributed by atoms with Gasteiger partial charge in [-0.2, -0.15) is 5.10 Å². The molecule has 0 amide bonds. The van der Waals surface area contributed by atoms with Gasteiger partial charge in [-0.25, -0.2) is 0 Å². The quantitative estimate of drug-likeness (QED) is 0.760.